The summed E-state index contributed by atoms with van der Waals surface area (Å²) in [4.78, 5) is 22.5. The molecule has 92 valence electrons. The van der Waals surface area contributed by atoms with E-state index in [4.69, 9.17) is 11.6 Å². The van der Waals surface area contributed by atoms with Crippen molar-refractivity contribution in [2.24, 2.45) is 0 Å². The normalized spacial score (nSPS) is 9.59. The van der Waals surface area contributed by atoms with Crippen molar-refractivity contribution in [3.05, 3.63) is 28.8 Å². The molecule has 0 aliphatic rings. The van der Waals surface area contributed by atoms with Crippen LogP contribution in [0.3, 0.4) is 0 Å². The minimum absolute atomic E-state index is 0.0791. The zero-order valence-electron chi connectivity index (χ0n) is 9.45. The lowest BCUT2D eigenvalue weighted by Gasteiger charge is -2.11. The minimum atomic E-state index is -0.528. The van der Waals surface area contributed by atoms with Gasteiger partial charge in [-0.15, -0.1) is 0 Å². The first-order chi connectivity index (χ1) is 8.10. The third-order valence-corrected chi connectivity index (χ3v) is 2.37. The summed E-state index contributed by atoms with van der Waals surface area (Å²) in [6.07, 6.45) is 0. The van der Waals surface area contributed by atoms with Gasteiger partial charge in [0.1, 0.15) is 6.54 Å². The van der Waals surface area contributed by atoms with Crippen LogP contribution in [-0.2, 0) is 14.3 Å². The Morgan fingerprint density at radius 1 is 1.29 bits per heavy atom. The minimum Gasteiger partial charge on any atom is -0.468 e. The zero-order valence-corrected chi connectivity index (χ0v) is 10.2. The molecule has 0 atom stereocenters. The first-order valence-electron chi connectivity index (χ1n) is 4.77. The quantitative estimate of drug-likeness (QED) is 0.832. The van der Waals surface area contributed by atoms with E-state index in [0.717, 1.165) is 0 Å². The van der Waals surface area contributed by atoms with E-state index in [1.54, 1.807) is 18.2 Å². The van der Waals surface area contributed by atoms with Crippen molar-refractivity contribution in [1.82, 2.24) is 0 Å². The fourth-order valence-electron chi connectivity index (χ4n) is 1.22. The number of ether oxygens (including phenoxy) is 2. The highest BCUT2D eigenvalue weighted by Gasteiger charge is 2.15. The Hall–Kier alpha value is -1.75. The maximum atomic E-state index is 11.5. The lowest BCUT2D eigenvalue weighted by Crippen LogP contribution is -2.17. The molecule has 0 saturated carbocycles. The Balaban J connectivity index is 2.95. The van der Waals surface area contributed by atoms with Crippen LogP contribution in [0.5, 0.6) is 0 Å². The predicted molar refractivity (Wildman–Crippen MR) is 63.3 cm³/mol. The van der Waals surface area contributed by atoms with E-state index in [0.29, 0.717) is 10.7 Å². The molecule has 1 aromatic rings. The number of nitrogens with one attached hydrogen (secondary N) is 1. The van der Waals surface area contributed by atoms with Gasteiger partial charge in [0.2, 0.25) is 0 Å². The lowest BCUT2D eigenvalue weighted by molar-refractivity contribution is -0.138. The highest BCUT2D eigenvalue weighted by Crippen LogP contribution is 2.26. The summed E-state index contributed by atoms with van der Waals surface area (Å²) in [6.45, 7) is -0.0791. The van der Waals surface area contributed by atoms with Crippen molar-refractivity contribution in [2.75, 3.05) is 26.1 Å². The van der Waals surface area contributed by atoms with Crippen molar-refractivity contribution < 1.29 is 19.1 Å². The second-order valence-electron chi connectivity index (χ2n) is 3.08. The smallest absolute Gasteiger partial charge is 0.340 e. The fourth-order valence-corrected chi connectivity index (χ4v) is 1.46. The number of hydrogen-bond donors (Lipinski definition) is 1. The molecular formula is C11H12ClNO4. The highest BCUT2D eigenvalue weighted by molar-refractivity contribution is 6.34. The first kappa shape index (κ1) is 13.3. The third-order valence-electron chi connectivity index (χ3n) is 2.06. The van der Waals surface area contributed by atoms with Crippen molar-refractivity contribution in [3.63, 3.8) is 0 Å². The van der Waals surface area contributed by atoms with Gasteiger partial charge < -0.3 is 14.8 Å². The number of anilines is 1. The summed E-state index contributed by atoms with van der Waals surface area (Å²) in [6, 6.07) is 4.78. The van der Waals surface area contributed by atoms with E-state index < -0.39 is 11.9 Å². The number of benzene rings is 1. The zero-order chi connectivity index (χ0) is 12.8. The maximum Gasteiger partial charge on any atom is 0.340 e. The van der Waals surface area contributed by atoms with E-state index in [9.17, 15) is 9.59 Å². The van der Waals surface area contributed by atoms with Crippen LogP contribution < -0.4 is 5.32 Å². The van der Waals surface area contributed by atoms with Gasteiger partial charge in [-0.2, -0.15) is 0 Å². The summed E-state index contributed by atoms with van der Waals surface area (Å²) in [5.74, 6) is -0.986. The second-order valence-corrected chi connectivity index (χ2v) is 3.49. The fraction of sp³-hybridized carbons (Fsp3) is 0.273. The Bertz CT molecular complexity index is 433. The Labute approximate surface area is 104 Å². The molecule has 6 heteroatoms. The van der Waals surface area contributed by atoms with Crippen LogP contribution in [0.25, 0.3) is 0 Å². The summed E-state index contributed by atoms with van der Waals surface area (Å²) in [5.41, 5.74) is 0.621. The monoisotopic (exact) mass is 257 g/mol. The van der Waals surface area contributed by atoms with Gasteiger partial charge in [0.15, 0.2) is 0 Å². The van der Waals surface area contributed by atoms with Crippen LogP contribution in [0.15, 0.2) is 18.2 Å². The molecule has 0 radical (unpaired) electrons. The topological polar surface area (TPSA) is 64.6 Å². The molecular weight excluding hydrogens is 246 g/mol. The number of halogens is 1. The van der Waals surface area contributed by atoms with Gasteiger partial charge in [-0.05, 0) is 12.1 Å². The van der Waals surface area contributed by atoms with Crippen LogP contribution in [-0.4, -0.2) is 32.7 Å². The molecule has 0 heterocycles. The molecule has 1 N–H and O–H groups in total. The molecule has 1 rings (SSSR count). The molecule has 0 amide bonds. The summed E-state index contributed by atoms with van der Waals surface area (Å²) in [5, 5.41) is 3.07. The predicted octanol–water partition coefficient (Wildman–Crippen LogP) is 1.71. The number of hydrogen-bond acceptors (Lipinski definition) is 5. The van der Waals surface area contributed by atoms with Gasteiger partial charge >= 0.3 is 11.9 Å². The molecule has 0 fully saturated rings. The lowest BCUT2D eigenvalue weighted by atomic mass is 10.2. The standard InChI is InChI=1S/C11H12ClNO4/c1-16-9(14)6-13-10-7(11(15)17-2)4-3-5-8(10)12/h3-5,13H,6H2,1-2H3. The number of methoxy groups -OCH3 is 2. The molecule has 0 bridgehead atoms. The number of rotatable bonds is 4. The van der Waals surface area contributed by atoms with E-state index in [1.165, 1.54) is 14.2 Å². The second kappa shape index (κ2) is 6.10. The van der Waals surface area contributed by atoms with E-state index in [-0.39, 0.29) is 12.1 Å². The summed E-state index contributed by atoms with van der Waals surface area (Å²) in [7, 11) is 2.55. The SMILES string of the molecule is COC(=O)CNc1c(Cl)cccc1C(=O)OC. The van der Waals surface area contributed by atoms with Gasteiger partial charge in [0.25, 0.3) is 0 Å². The molecule has 17 heavy (non-hydrogen) atoms. The van der Waals surface area contributed by atoms with Gasteiger partial charge in [-0.1, -0.05) is 17.7 Å². The number of esters is 2. The number of para-hydroxylation sites is 1. The molecule has 0 saturated heterocycles. The van der Waals surface area contributed by atoms with Gasteiger partial charge in [0.05, 0.1) is 30.5 Å². The summed E-state index contributed by atoms with van der Waals surface area (Å²) >= 11 is 5.93. The molecule has 0 spiro atoms. The van der Waals surface area contributed by atoms with E-state index in [2.05, 4.69) is 14.8 Å². The van der Waals surface area contributed by atoms with Crippen LogP contribution >= 0.6 is 11.6 Å². The van der Waals surface area contributed by atoms with Crippen molar-refractivity contribution in [3.8, 4) is 0 Å². The van der Waals surface area contributed by atoms with Crippen LogP contribution in [0.4, 0.5) is 5.69 Å². The van der Waals surface area contributed by atoms with Gasteiger partial charge in [-0.25, -0.2) is 4.79 Å². The first-order valence-corrected chi connectivity index (χ1v) is 5.15. The molecule has 0 unspecified atom stereocenters. The van der Waals surface area contributed by atoms with Crippen LogP contribution in [0.2, 0.25) is 5.02 Å². The highest BCUT2D eigenvalue weighted by atomic mass is 35.5. The number of carbonyl (C=O) groups is 2. The Kier molecular flexibility index (Phi) is 4.78. The molecule has 0 aromatic heterocycles. The molecule has 5 nitrogen and oxygen atoms in total. The average Bonchev–Trinajstić information content (AvgIpc) is 2.35. The average molecular weight is 258 g/mol. The summed E-state index contributed by atoms with van der Waals surface area (Å²) < 4.78 is 9.09. The van der Waals surface area contributed by atoms with Gasteiger partial charge in [-0.3, -0.25) is 4.79 Å². The van der Waals surface area contributed by atoms with Crippen LogP contribution in [0, 0.1) is 0 Å². The van der Waals surface area contributed by atoms with Gasteiger partial charge in [0, 0.05) is 0 Å². The third kappa shape index (κ3) is 3.35. The Morgan fingerprint density at radius 3 is 2.59 bits per heavy atom. The van der Waals surface area contributed by atoms with Crippen molar-refractivity contribution >= 4 is 29.2 Å². The van der Waals surface area contributed by atoms with E-state index in [1.807, 2.05) is 0 Å². The number of carbonyl (C=O) groups excluding carboxylic acids is 2. The maximum absolute atomic E-state index is 11.5. The van der Waals surface area contributed by atoms with E-state index >= 15 is 0 Å². The molecule has 1 aromatic carbocycles. The largest absolute Gasteiger partial charge is 0.468 e. The Morgan fingerprint density at radius 2 is 2.00 bits per heavy atom. The van der Waals surface area contributed by atoms with Crippen molar-refractivity contribution in [2.45, 2.75) is 0 Å². The molecule has 0 aliphatic carbocycles. The van der Waals surface area contributed by atoms with Crippen LogP contribution in [0.1, 0.15) is 10.4 Å². The molecule has 0 aliphatic heterocycles. The van der Waals surface area contributed by atoms with Crippen molar-refractivity contribution in [1.29, 1.82) is 0 Å².